The molecule has 0 saturated carbocycles. The highest BCUT2D eigenvalue weighted by molar-refractivity contribution is 6.25. The zero-order valence-electron chi connectivity index (χ0n) is 19.5. The predicted molar refractivity (Wildman–Crippen MR) is 150 cm³/mol. The van der Waals surface area contributed by atoms with Crippen molar-refractivity contribution in [3.63, 3.8) is 0 Å². The molecule has 2 aliphatic rings. The van der Waals surface area contributed by atoms with Gasteiger partial charge in [-0.2, -0.15) is 0 Å². The molecule has 9 rings (SSSR count). The van der Waals surface area contributed by atoms with Crippen LogP contribution in [-0.2, 0) is 5.41 Å². The Morgan fingerprint density at radius 2 is 0.917 bits per heavy atom. The van der Waals surface area contributed by atoms with Crippen LogP contribution in [0.4, 0.5) is 0 Å². The molecule has 0 fully saturated rings. The number of rotatable bonds is 0. The first-order valence-corrected chi connectivity index (χ1v) is 12.6. The topological polar surface area (TPSA) is 15.8 Å². The molecular formula is C35H21N. The first-order chi connectivity index (χ1) is 17.9. The Morgan fingerprint density at radius 1 is 0.389 bits per heavy atom. The van der Waals surface area contributed by atoms with Gasteiger partial charge in [0.1, 0.15) is 0 Å². The molecule has 0 bridgehead atoms. The second-order valence-corrected chi connectivity index (χ2v) is 10.1. The fourth-order valence-corrected chi connectivity index (χ4v) is 7.36. The summed E-state index contributed by atoms with van der Waals surface area (Å²) in [6.45, 7) is 0. The lowest BCUT2D eigenvalue weighted by Gasteiger charge is -2.40. The molecule has 1 heteroatoms. The Hall–Kier alpha value is -4.62. The highest BCUT2D eigenvalue weighted by atomic mass is 14.7. The van der Waals surface area contributed by atoms with Crippen molar-refractivity contribution in [3.05, 3.63) is 144 Å². The maximum Gasteiger partial charge on any atom is 0.0725 e. The molecule has 0 unspecified atom stereocenters. The fraction of sp³-hybridized carbons (Fsp3) is 0.0286. The third kappa shape index (κ3) is 1.98. The number of hydrogen-bond donors (Lipinski definition) is 1. The standard InChI is InChI=1S/C35H21N/c1-5-15-27-21(10-1)22-11-2-6-16-28(22)35(27)29-17-7-3-12-23(29)26-20-32-34(24-13-4-8-19-31(24)36-32)25-14-9-18-30(35)33(25)26/h1-20,36H. The monoisotopic (exact) mass is 455 g/mol. The molecular weight excluding hydrogens is 434 g/mol. The number of hydrogen-bond acceptors (Lipinski definition) is 0. The molecule has 166 valence electrons. The first-order valence-electron chi connectivity index (χ1n) is 12.6. The van der Waals surface area contributed by atoms with Gasteiger partial charge in [0.25, 0.3) is 0 Å². The van der Waals surface area contributed by atoms with Crippen LogP contribution in [-0.4, -0.2) is 4.98 Å². The zero-order valence-corrected chi connectivity index (χ0v) is 19.5. The van der Waals surface area contributed by atoms with Crippen LogP contribution in [0.25, 0.3) is 54.8 Å². The van der Waals surface area contributed by atoms with E-state index >= 15 is 0 Å². The summed E-state index contributed by atoms with van der Waals surface area (Å²) >= 11 is 0. The molecule has 0 amide bonds. The third-order valence-electron chi connectivity index (χ3n) is 8.60. The summed E-state index contributed by atoms with van der Waals surface area (Å²) in [5, 5.41) is 5.31. The van der Waals surface area contributed by atoms with Gasteiger partial charge in [0.2, 0.25) is 0 Å². The van der Waals surface area contributed by atoms with Gasteiger partial charge in [-0.15, -0.1) is 0 Å². The van der Waals surface area contributed by atoms with Crippen LogP contribution >= 0.6 is 0 Å². The van der Waals surface area contributed by atoms with Crippen molar-refractivity contribution in [1.29, 1.82) is 0 Å². The van der Waals surface area contributed by atoms with Gasteiger partial charge in [0, 0.05) is 21.8 Å². The van der Waals surface area contributed by atoms with Crippen molar-refractivity contribution >= 4 is 32.6 Å². The normalized spacial score (nSPS) is 14.3. The lowest BCUT2D eigenvalue weighted by atomic mass is 9.61. The Bertz CT molecular complexity index is 2010. The second kappa shape index (κ2) is 6.33. The highest BCUT2D eigenvalue weighted by Gasteiger charge is 2.49. The van der Waals surface area contributed by atoms with Gasteiger partial charge >= 0.3 is 0 Å². The van der Waals surface area contributed by atoms with Gasteiger partial charge in [0.15, 0.2) is 0 Å². The molecule has 1 spiro atoms. The Balaban J connectivity index is 1.58. The van der Waals surface area contributed by atoms with E-state index in [0.29, 0.717) is 0 Å². The van der Waals surface area contributed by atoms with Crippen molar-refractivity contribution in [2.45, 2.75) is 5.41 Å². The minimum absolute atomic E-state index is 0.337. The molecule has 1 aromatic heterocycles. The van der Waals surface area contributed by atoms with Gasteiger partial charge in [-0.1, -0.05) is 109 Å². The van der Waals surface area contributed by atoms with Gasteiger partial charge in [-0.25, -0.2) is 0 Å². The molecule has 36 heavy (non-hydrogen) atoms. The Kier molecular flexibility index (Phi) is 3.28. The Morgan fingerprint density at radius 3 is 1.61 bits per heavy atom. The van der Waals surface area contributed by atoms with Crippen LogP contribution in [0.3, 0.4) is 0 Å². The summed E-state index contributed by atoms with van der Waals surface area (Å²) in [5.41, 5.74) is 12.9. The molecule has 6 aromatic carbocycles. The SMILES string of the molecule is c1ccc2c(c1)-c1ccccc1C21c2ccccc2-c2cc3[nH]c4ccccc4c3c3cccc1c23. The molecule has 0 radical (unpaired) electrons. The maximum absolute atomic E-state index is 3.71. The van der Waals surface area contributed by atoms with E-state index < -0.39 is 0 Å². The van der Waals surface area contributed by atoms with E-state index in [1.54, 1.807) is 0 Å². The summed E-state index contributed by atoms with van der Waals surface area (Å²) in [4.78, 5) is 3.71. The smallest absolute Gasteiger partial charge is 0.0725 e. The van der Waals surface area contributed by atoms with Crippen molar-refractivity contribution in [2.24, 2.45) is 0 Å². The fourth-order valence-electron chi connectivity index (χ4n) is 7.36. The molecule has 1 heterocycles. The average Bonchev–Trinajstić information content (AvgIpc) is 3.46. The van der Waals surface area contributed by atoms with E-state index in [1.165, 1.54) is 77.1 Å². The summed E-state index contributed by atoms with van der Waals surface area (Å²) in [7, 11) is 0. The van der Waals surface area contributed by atoms with Gasteiger partial charge < -0.3 is 4.98 Å². The number of para-hydroxylation sites is 1. The van der Waals surface area contributed by atoms with Crippen molar-refractivity contribution in [1.82, 2.24) is 4.98 Å². The van der Waals surface area contributed by atoms with E-state index in [-0.39, 0.29) is 5.41 Å². The molecule has 2 aliphatic carbocycles. The number of nitrogens with one attached hydrogen (secondary N) is 1. The molecule has 1 nitrogen and oxygen atoms in total. The number of aromatic nitrogens is 1. The van der Waals surface area contributed by atoms with E-state index in [9.17, 15) is 0 Å². The lowest BCUT2D eigenvalue weighted by molar-refractivity contribution is 0.773. The quantitative estimate of drug-likeness (QED) is 0.235. The van der Waals surface area contributed by atoms with Crippen LogP contribution < -0.4 is 0 Å². The number of benzene rings is 6. The summed E-state index contributed by atoms with van der Waals surface area (Å²) in [5.74, 6) is 0. The van der Waals surface area contributed by atoms with Crippen molar-refractivity contribution in [3.8, 4) is 22.3 Å². The largest absolute Gasteiger partial charge is 0.354 e. The number of aromatic amines is 1. The van der Waals surface area contributed by atoms with Crippen LogP contribution in [0.1, 0.15) is 22.3 Å². The average molecular weight is 456 g/mol. The van der Waals surface area contributed by atoms with Crippen LogP contribution in [0.15, 0.2) is 121 Å². The molecule has 7 aromatic rings. The maximum atomic E-state index is 3.71. The predicted octanol–water partition coefficient (Wildman–Crippen LogP) is 8.82. The first kappa shape index (κ1) is 18.7. The molecule has 0 saturated heterocycles. The zero-order chi connectivity index (χ0) is 23.4. The van der Waals surface area contributed by atoms with E-state index in [1.807, 2.05) is 0 Å². The summed E-state index contributed by atoms with van der Waals surface area (Å²) in [6, 6.07) is 45.1. The van der Waals surface area contributed by atoms with E-state index in [0.717, 1.165) is 0 Å². The minimum atomic E-state index is -0.337. The van der Waals surface area contributed by atoms with Gasteiger partial charge in [-0.3, -0.25) is 0 Å². The second-order valence-electron chi connectivity index (χ2n) is 10.1. The van der Waals surface area contributed by atoms with Gasteiger partial charge in [-0.05, 0) is 67.4 Å². The third-order valence-corrected chi connectivity index (χ3v) is 8.60. The van der Waals surface area contributed by atoms with Gasteiger partial charge in [0.05, 0.1) is 5.41 Å². The van der Waals surface area contributed by atoms with E-state index in [4.69, 9.17) is 0 Å². The molecule has 0 aliphatic heterocycles. The summed E-state index contributed by atoms with van der Waals surface area (Å²) < 4.78 is 0. The van der Waals surface area contributed by atoms with Crippen LogP contribution in [0.2, 0.25) is 0 Å². The van der Waals surface area contributed by atoms with Crippen LogP contribution in [0, 0.1) is 0 Å². The summed E-state index contributed by atoms with van der Waals surface area (Å²) in [6.07, 6.45) is 0. The molecule has 1 N–H and O–H groups in total. The van der Waals surface area contributed by atoms with Crippen molar-refractivity contribution in [2.75, 3.05) is 0 Å². The van der Waals surface area contributed by atoms with E-state index in [2.05, 4.69) is 126 Å². The number of fused-ring (bicyclic) bond motifs is 13. The number of H-pyrrole nitrogens is 1. The Labute approximate surface area is 208 Å². The van der Waals surface area contributed by atoms with Crippen LogP contribution in [0.5, 0.6) is 0 Å². The minimum Gasteiger partial charge on any atom is -0.354 e. The lowest BCUT2D eigenvalue weighted by Crippen LogP contribution is -2.31. The molecule has 0 atom stereocenters. The van der Waals surface area contributed by atoms with Crippen molar-refractivity contribution < 1.29 is 0 Å². The highest BCUT2D eigenvalue weighted by Crippen LogP contribution is 2.62.